The fourth-order valence-electron chi connectivity index (χ4n) is 2.92. The molecule has 0 spiro atoms. The predicted octanol–water partition coefficient (Wildman–Crippen LogP) is 4.29. The molecule has 0 bridgehead atoms. The Bertz CT molecular complexity index is 455. The van der Waals surface area contributed by atoms with Gasteiger partial charge in [-0.25, -0.2) is 0 Å². The maximum Gasteiger partial charge on any atom is 0.0216 e. The molecule has 1 heteroatoms. The monoisotopic (exact) mass is 262 g/mol. The minimum atomic E-state index is 1.19. The summed E-state index contributed by atoms with van der Waals surface area (Å²) in [4.78, 5) is 0. The van der Waals surface area contributed by atoms with Crippen LogP contribution in [0.1, 0.15) is 42.0 Å². The van der Waals surface area contributed by atoms with E-state index in [9.17, 15) is 0 Å². The fourth-order valence-corrected chi connectivity index (χ4v) is 3.60. The zero-order valence-electron chi connectivity index (χ0n) is 9.07. The first kappa shape index (κ1) is 9.65. The highest BCUT2D eigenvalue weighted by atomic mass is 79.9. The Labute approximate surface area is 99.5 Å². The lowest BCUT2D eigenvalue weighted by Crippen LogP contribution is -2.07. The number of hydrogen-bond acceptors (Lipinski definition) is 0. The topological polar surface area (TPSA) is 0 Å². The van der Waals surface area contributed by atoms with Crippen LogP contribution in [0.25, 0.3) is 6.08 Å². The van der Waals surface area contributed by atoms with Crippen molar-refractivity contribution in [3.8, 4) is 0 Å². The molecule has 0 fully saturated rings. The molecule has 0 heterocycles. The quantitative estimate of drug-likeness (QED) is 0.655. The van der Waals surface area contributed by atoms with Crippen molar-refractivity contribution in [3.05, 3.63) is 38.4 Å². The maximum atomic E-state index is 3.73. The van der Waals surface area contributed by atoms with Gasteiger partial charge in [0.2, 0.25) is 0 Å². The van der Waals surface area contributed by atoms with Gasteiger partial charge in [-0.15, -0.1) is 0 Å². The number of rotatable bonds is 0. The zero-order valence-corrected chi connectivity index (χ0v) is 10.7. The van der Waals surface area contributed by atoms with E-state index in [1.807, 2.05) is 0 Å². The van der Waals surface area contributed by atoms with E-state index >= 15 is 0 Å². The lowest BCUT2D eigenvalue weighted by atomic mass is 9.86. The van der Waals surface area contributed by atoms with Gasteiger partial charge < -0.3 is 0 Å². The summed E-state index contributed by atoms with van der Waals surface area (Å²) in [7, 11) is 0. The number of fused-ring (bicyclic) bond motifs is 3. The van der Waals surface area contributed by atoms with Crippen LogP contribution in [0.2, 0.25) is 0 Å². The van der Waals surface area contributed by atoms with Crippen LogP contribution in [0, 0.1) is 0 Å². The summed E-state index contributed by atoms with van der Waals surface area (Å²) < 4.78 is 1.34. The zero-order chi connectivity index (χ0) is 10.4. The number of halogens is 1. The first-order chi connectivity index (χ1) is 7.25. The molecule has 0 saturated carbocycles. The van der Waals surface area contributed by atoms with Gasteiger partial charge in [0.25, 0.3) is 0 Å². The van der Waals surface area contributed by atoms with E-state index in [4.69, 9.17) is 0 Å². The average molecular weight is 263 g/mol. The second kappa shape index (κ2) is 3.48. The van der Waals surface area contributed by atoms with Gasteiger partial charge in [0.15, 0.2) is 0 Å². The molecule has 15 heavy (non-hydrogen) atoms. The number of benzene rings is 1. The summed E-state index contributed by atoms with van der Waals surface area (Å²) in [6, 6.07) is 2.32. The predicted molar refractivity (Wildman–Crippen MR) is 68.1 cm³/mol. The highest BCUT2D eigenvalue weighted by Gasteiger charge is 2.21. The summed E-state index contributed by atoms with van der Waals surface area (Å²) in [5, 5.41) is 0. The van der Waals surface area contributed by atoms with Crippen molar-refractivity contribution >= 4 is 22.0 Å². The molecule has 0 saturated heterocycles. The van der Waals surface area contributed by atoms with E-state index < -0.39 is 0 Å². The van der Waals surface area contributed by atoms with Crippen molar-refractivity contribution in [3.63, 3.8) is 0 Å². The SMILES string of the molecule is CC1=Cc2cc(Br)c3c(c2C1)CCCC3. The molecule has 0 atom stereocenters. The minimum absolute atomic E-state index is 1.19. The van der Waals surface area contributed by atoms with E-state index in [-0.39, 0.29) is 0 Å². The minimum Gasteiger partial charge on any atom is -0.0683 e. The van der Waals surface area contributed by atoms with Gasteiger partial charge in [0, 0.05) is 4.47 Å². The molecule has 1 aromatic rings. The molecule has 0 amide bonds. The van der Waals surface area contributed by atoms with E-state index in [1.165, 1.54) is 47.7 Å². The van der Waals surface area contributed by atoms with Crippen molar-refractivity contribution in [2.75, 3.05) is 0 Å². The third kappa shape index (κ3) is 1.48. The summed E-state index contributed by atoms with van der Waals surface area (Å²) in [6.45, 7) is 2.24. The number of allylic oxidation sites excluding steroid dienone is 1. The first-order valence-corrected chi connectivity index (χ1v) is 6.55. The summed E-state index contributed by atoms with van der Waals surface area (Å²) >= 11 is 3.73. The smallest absolute Gasteiger partial charge is 0.0216 e. The van der Waals surface area contributed by atoms with Crippen LogP contribution in [0.3, 0.4) is 0 Å². The fraction of sp³-hybridized carbons (Fsp3) is 0.429. The van der Waals surface area contributed by atoms with Crippen molar-refractivity contribution in [2.45, 2.75) is 39.0 Å². The molecule has 0 N–H and O–H groups in total. The Morgan fingerprint density at radius 1 is 1.07 bits per heavy atom. The molecule has 3 rings (SSSR count). The van der Waals surface area contributed by atoms with Crippen LogP contribution in [-0.4, -0.2) is 0 Å². The van der Waals surface area contributed by atoms with Gasteiger partial charge in [-0.05, 0) is 67.3 Å². The van der Waals surface area contributed by atoms with Gasteiger partial charge in [-0.3, -0.25) is 0 Å². The molecule has 0 nitrogen and oxygen atoms in total. The molecule has 0 aromatic heterocycles. The Hall–Kier alpha value is -0.560. The molecule has 0 radical (unpaired) electrons. The molecule has 0 aliphatic heterocycles. The molecule has 2 aliphatic rings. The Balaban J connectivity index is 2.21. The van der Waals surface area contributed by atoms with E-state index in [0.29, 0.717) is 0 Å². The lowest BCUT2D eigenvalue weighted by Gasteiger charge is -2.21. The van der Waals surface area contributed by atoms with Gasteiger partial charge in [-0.1, -0.05) is 27.6 Å². The molecule has 2 aliphatic carbocycles. The van der Waals surface area contributed by atoms with Gasteiger partial charge in [0.05, 0.1) is 0 Å². The molecular formula is C14H15Br. The normalized spacial score (nSPS) is 18.4. The summed E-state index contributed by atoms with van der Waals surface area (Å²) in [6.07, 6.45) is 8.81. The van der Waals surface area contributed by atoms with E-state index in [1.54, 1.807) is 16.7 Å². The van der Waals surface area contributed by atoms with Crippen LogP contribution in [0.15, 0.2) is 16.1 Å². The van der Waals surface area contributed by atoms with Crippen LogP contribution in [0.5, 0.6) is 0 Å². The highest BCUT2D eigenvalue weighted by molar-refractivity contribution is 9.10. The van der Waals surface area contributed by atoms with E-state index in [2.05, 4.69) is 35.0 Å². The van der Waals surface area contributed by atoms with Crippen LogP contribution < -0.4 is 0 Å². The Morgan fingerprint density at radius 3 is 2.60 bits per heavy atom. The van der Waals surface area contributed by atoms with Crippen LogP contribution in [-0.2, 0) is 19.3 Å². The third-order valence-corrected chi connectivity index (χ3v) is 4.32. The van der Waals surface area contributed by atoms with E-state index in [0.717, 1.165) is 0 Å². The van der Waals surface area contributed by atoms with Crippen molar-refractivity contribution in [1.82, 2.24) is 0 Å². The second-order valence-electron chi connectivity index (χ2n) is 4.76. The maximum absolute atomic E-state index is 3.73. The number of hydrogen-bond donors (Lipinski definition) is 0. The van der Waals surface area contributed by atoms with Crippen LogP contribution in [0.4, 0.5) is 0 Å². The average Bonchev–Trinajstić information content (AvgIpc) is 2.59. The lowest BCUT2D eigenvalue weighted by molar-refractivity contribution is 0.677. The molecule has 78 valence electrons. The summed E-state index contributed by atoms with van der Waals surface area (Å²) in [5.74, 6) is 0. The van der Waals surface area contributed by atoms with Gasteiger partial charge >= 0.3 is 0 Å². The second-order valence-corrected chi connectivity index (χ2v) is 5.61. The molecular weight excluding hydrogens is 248 g/mol. The first-order valence-electron chi connectivity index (χ1n) is 5.76. The van der Waals surface area contributed by atoms with Gasteiger partial charge in [-0.2, -0.15) is 0 Å². The largest absolute Gasteiger partial charge is 0.0683 e. The highest BCUT2D eigenvalue weighted by Crippen LogP contribution is 2.37. The molecule has 1 aromatic carbocycles. The third-order valence-electron chi connectivity index (χ3n) is 3.61. The Morgan fingerprint density at radius 2 is 1.80 bits per heavy atom. The Kier molecular flexibility index (Phi) is 2.24. The van der Waals surface area contributed by atoms with Crippen molar-refractivity contribution in [1.29, 1.82) is 0 Å². The summed E-state index contributed by atoms with van der Waals surface area (Å²) in [5.41, 5.74) is 7.82. The van der Waals surface area contributed by atoms with Crippen molar-refractivity contribution in [2.24, 2.45) is 0 Å². The van der Waals surface area contributed by atoms with Crippen molar-refractivity contribution < 1.29 is 0 Å². The van der Waals surface area contributed by atoms with Crippen LogP contribution >= 0.6 is 15.9 Å². The van der Waals surface area contributed by atoms with Gasteiger partial charge in [0.1, 0.15) is 0 Å². The standard InChI is InChI=1S/C14H15Br/c1-9-6-10-8-14(15)12-5-3-2-4-11(12)13(10)7-9/h6,8H,2-5,7H2,1H3. The molecule has 0 unspecified atom stereocenters.